The van der Waals surface area contributed by atoms with Crippen molar-refractivity contribution < 1.29 is 0 Å². The lowest BCUT2D eigenvalue weighted by molar-refractivity contribution is 0.243. The number of anilines is 1. The summed E-state index contributed by atoms with van der Waals surface area (Å²) in [4.78, 5) is 11.7. The van der Waals surface area contributed by atoms with Gasteiger partial charge >= 0.3 is 0 Å². The zero-order chi connectivity index (χ0) is 13.7. The third-order valence-corrected chi connectivity index (χ3v) is 6.10. The van der Waals surface area contributed by atoms with E-state index in [1.165, 1.54) is 32.1 Å². The number of hydrogen-bond donors (Lipinski definition) is 1. The van der Waals surface area contributed by atoms with Gasteiger partial charge in [-0.15, -0.1) is 0 Å². The van der Waals surface area contributed by atoms with E-state index < -0.39 is 0 Å². The molecule has 0 amide bonds. The van der Waals surface area contributed by atoms with Gasteiger partial charge in [0.15, 0.2) is 0 Å². The summed E-state index contributed by atoms with van der Waals surface area (Å²) in [5, 5.41) is 3.73. The number of pyridine rings is 1. The van der Waals surface area contributed by atoms with E-state index in [2.05, 4.69) is 5.32 Å². The summed E-state index contributed by atoms with van der Waals surface area (Å²) in [7, 11) is 0. The Morgan fingerprint density at radius 2 is 2.05 bits per heavy atom. The Morgan fingerprint density at radius 3 is 2.90 bits per heavy atom. The molecule has 5 unspecified atom stereocenters. The minimum Gasteiger partial charge on any atom is -0.381 e. The predicted molar refractivity (Wildman–Crippen MR) is 80.8 cm³/mol. The van der Waals surface area contributed by atoms with Crippen LogP contribution in [0.25, 0.3) is 0 Å². The second-order valence-electron chi connectivity index (χ2n) is 6.95. The van der Waals surface area contributed by atoms with Crippen molar-refractivity contribution in [3.05, 3.63) is 28.7 Å². The van der Waals surface area contributed by atoms with Crippen LogP contribution in [-0.2, 0) is 6.54 Å². The average Bonchev–Trinajstić information content (AvgIpc) is 3.12. The third-order valence-electron chi connectivity index (χ3n) is 6.10. The van der Waals surface area contributed by atoms with E-state index in [9.17, 15) is 4.79 Å². The molecule has 1 N–H and O–H groups in total. The largest absolute Gasteiger partial charge is 0.381 e. The van der Waals surface area contributed by atoms with Crippen LogP contribution in [0.15, 0.2) is 23.1 Å². The maximum Gasteiger partial charge on any atom is 0.250 e. The van der Waals surface area contributed by atoms with Gasteiger partial charge in [0.25, 0.3) is 5.56 Å². The first-order valence-electron chi connectivity index (χ1n) is 8.23. The molecule has 3 aliphatic carbocycles. The van der Waals surface area contributed by atoms with E-state index in [-0.39, 0.29) is 5.56 Å². The summed E-state index contributed by atoms with van der Waals surface area (Å²) in [6.07, 6.45) is 9.17. The van der Waals surface area contributed by atoms with E-state index in [0.717, 1.165) is 35.9 Å². The second kappa shape index (κ2) is 4.64. The fourth-order valence-corrected chi connectivity index (χ4v) is 5.31. The fourth-order valence-electron chi connectivity index (χ4n) is 5.31. The van der Waals surface area contributed by atoms with Gasteiger partial charge in [-0.2, -0.15) is 0 Å². The van der Waals surface area contributed by atoms with Crippen LogP contribution in [0.1, 0.15) is 39.0 Å². The van der Waals surface area contributed by atoms with Crippen LogP contribution < -0.4 is 10.9 Å². The summed E-state index contributed by atoms with van der Waals surface area (Å²) in [6, 6.07) is 4.28. The molecule has 3 fully saturated rings. The van der Waals surface area contributed by atoms with Gasteiger partial charge in [-0.25, -0.2) is 0 Å². The first kappa shape index (κ1) is 12.5. The Hall–Kier alpha value is -1.25. The highest BCUT2D eigenvalue weighted by Gasteiger charge is 2.53. The van der Waals surface area contributed by atoms with Gasteiger partial charge < -0.3 is 9.88 Å². The smallest absolute Gasteiger partial charge is 0.250 e. The molecule has 3 saturated carbocycles. The van der Waals surface area contributed by atoms with Crippen molar-refractivity contribution in [2.24, 2.45) is 23.7 Å². The highest BCUT2D eigenvalue weighted by molar-refractivity contribution is 5.42. The SMILES string of the molecule is CCn1cc(NC2CC3CC2C2CCCC32)ccc1=O. The molecule has 0 aromatic carbocycles. The maximum absolute atomic E-state index is 11.7. The number of fused-ring (bicyclic) bond motifs is 5. The lowest BCUT2D eigenvalue weighted by atomic mass is 9.79. The summed E-state index contributed by atoms with van der Waals surface area (Å²) >= 11 is 0. The summed E-state index contributed by atoms with van der Waals surface area (Å²) in [6.45, 7) is 2.77. The molecule has 3 nitrogen and oxygen atoms in total. The van der Waals surface area contributed by atoms with Crippen molar-refractivity contribution in [3.8, 4) is 0 Å². The van der Waals surface area contributed by atoms with Crippen LogP contribution in [0.4, 0.5) is 5.69 Å². The van der Waals surface area contributed by atoms with E-state index in [0.29, 0.717) is 6.04 Å². The van der Waals surface area contributed by atoms with Crippen molar-refractivity contribution in [2.45, 2.75) is 51.6 Å². The van der Waals surface area contributed by atoms with Gasteiger partial charge in [-0.3, -0.25) is 4.79 Å². The number of nitrogens with one attached hydrogen (secondary N) is 1. The first-order chi connectivity index (χ1) is 9.76. The third kappa shape index (κ3) is 1.82. The van der Waals surface area contributed by atoms with Crippen molar-refractivity contribution in [1.29, 1.82) is 0 Å². The van der Waals surface area contributed by atoms with Gasteiger partial charge in [-0.05, 0) is 62.3 Å². The molecule has 20 heavy (non-hydrogen) atoms. The molecular formula is C17H24N2O. The van der Waals surface area contributed by atoms with Crippen LogP contribution >= 0.6 is 0 Å². The predicted octanol–water partition coefficient (Wildman–Crippen LogP) is 3.10. The molecule has 3 aliphatic rings. The Morgan fingerprint density at radius 1 is 1.20 bits per heavy atom. The van der Waals surface area contributed by atoms with E-state index in [1.807, 2.05) is 19.2 Å². The molecule has 3 heteroatoms. The molecule has 4 rings (SSSR count). The van der Waals surface area contributed by atoms with Crippen molar-refractivity contribution in [1.82, 2.24) is 4.57 Å². The van der Waals surface area contributed by atoms with Gasteiger partial charge in [0, 0.05) is 24.8 Å². The van der Waals surface area contributed by atoms with Gasteiger partial charge in [-0.1, -0.05) is 6.42 Å². The lowest BCUT2D eigenvalue weighted by Crippen LogP contribution is -2.34. The van der Waals surface area contributed by atoms with Gasteiger partial charge in [0.05, 0.1) is 5.69 Å². The molecule has 5 atom stereocenters. The van der Waals surface area contributed by atoms with Crippen molar-refractivity contribution in [3.63, 3.8) is 0 Å². The molecule has 0 aliphatic heterocycles. The number of hydrogen-bond acceptors (Lipinski definition) is 2. The van der Waals surface area contributed by atoms with Gasteiger partial charge in [0.2, 0.25) is 0 Å². The first-order valence-corrected chi connectivity index (χ1v) is 8.23. The summed E-state index contributed by atoms with van der Waals surface area (Å²) in [5.74, 6) is 3.89. The van der Waals surface area contributed by atoms with Crippen LogP contribution in [0.3, 0.4) is 0 Å². The minimum atomic E-state index is 0.0989. The molecular weight excluding hydrogens is 248 g/mol. The van der Waals surface area contributed by atoms with E-state index in [1.54, 1.807) is 10.6 Å². The number of aromatic nitrogens is 1. The number of aryl methyl sites for hydroxylation is 1. The topological polar surface area (TPSA) is 34.0 Å². The minimum absolute atomic E-state index is 0.0989. The Balaban J connectivity index is 1.52. The summed E-state index contributed by atoms with van der Waals surface area (Å²) in [5.41, 5.74) is 1.22. The number of nitrogens with zero attached hydrogens (tertiary/aromatic N) is 1. The van der Waals surface area contributed by atoms with Crippen molar-refractivity contribution >= 4 is 5.69 Å². The van der Waals surface area contributed by atoms with Gasteiger partial charge in [0.1, 0.15) is 0 Å². The highest BCUT2D eigenvalue weighted by Crippen LogP contribution is 2.59. The van der Waals surface area contributed by atoms with E-state index >= 15 is 0 Å². The number of rotatable bonds is 3. The molecule has 0 radical (unpaired) electrons. The molecule has 1 heterocycles. The average molecular weight is 272 g/mol. The van der Waals surface area contributed by atoms with Crippen LogP contribution in [0.5, 0.6) is 0 Å². The van der Waals surface area contributed by atoms with Crippen LogP contribution in [-0.4, -0.2) is 10.6 Å². The van der Waals surface area contributed by atoms with Crippen molar-refractivity contribution in [2.75, 3.05) is 5.32 Å². The molecule has 108 valence electrons. The second-order valence-corrected chi connectivity index (χ2v) is 6.95. The quantitative estimate of drug-likeness (QED) is 0.917. The normalized spacial score (nSPS) is 38.1. The molecule has 0 spiro atoms. The molecule has 0 saturated heterocycles. The maximum atomic E-state index is 11.7. The Bertz CT molecular complexity index is 564. The summed E-state index contributed by atoms with van der Waals surface area (Å²) < 4.78 is 1.79. The van der Waals surface area contributed by atoms with Crippen LogP contribution in [0, 0.1) is 23.7 Å². The fraction of sp³-hybridized carbons (Fsp3) is 0.706. The van der Waals surface area contributed by atoms with E-state index in [4.69, 9.17) is 0 Å². The highest BCUT2D eigenvalue weighted by atomic mass is 16.1. The Labute approximate surface area is 120 Å². The monoisotopic (exact) mass is 272 g/mol. The Kier molecular flexibility index (Phi) is 2.90. The standard InChI is InChI=1S/C17H24N2O/c1-2-19-10-12(6-7-17(19)20)18-16-9-11-8-15(16)14-5-3-4-13(11)14/h6-7,10-11,13-16,18H,2-5,8-9H2,1H3. The van der Waals surface area contributed by atoms with Crippen LogP contribution in [0.2, 0.25) is 0 Å². The zero-order valence-corrected chi connectivity index (χ0v) is 12.2. The lowest BCUT2D eigenvalue weighted by Gasteiger charge is -2.32. The molecule has 2 bridgehead atoms. The zero-order valence-electron chi connectivity index (χ0n) is 12.2. The molecule has 1 aromatic heterocycles. The molecule has 1 aromatic rings.